The zero-order chi connectivity index (χ0) is 20.7. The normalized spacial score (nSPS) is 15.3. The number of methoxy groups -OCH3 is 1. The van der Waals surface area contributed by atoms with Crippen LogP contribution in [0, 0.1) is 0 Å². The zero-order valence-electron chi connectivity index (χ0n) is 17.4. The maximum Gasteiger partial charge on any atom is 0.147 e. The average molecular weight is 421 g/mol. The van der Waals surface area contributed by atoms with Crippen LogP contribution in [0.3, 0.4) is 0 Å². The van der Waals surface area contributed by atoms with Gasteiger partial charge in [0.1, 0.15) is 22.7 Å². The minimum atomic E-state index is -0.168. The van der Waals surface area contributed by atoms with Crippen LogP contribution >= 0.6 is 11.3 Å². The van der Waals surface area contributed by atoms with Crippen molar-refractivity contribution < 1.29 is 9.47 Å². The molecule has 0 aliphatic carbocycles. The van der Waals surface area contributed by atoms with E-state index in [4.69, 9.17) is 14.5 Å². The van der Waals surface area contributed by atoms with Crippen molar-refractivity contribution in [3.8, 4) is 5.75 Å². The van der Waals surface area contributed by atoms with Gasteiger partial charge in [0.15, 0.2) is 0 Å². The van der Waals surface area contributed by atoms with Gasteiger partial charge in [-0.05, 0) is 44.0 Å². The highest BCUT2D eigenvalue weighted by molar-refractivity contribution is 7.25. The molecule has 4 heterocycles. The number of hydrogen-bond acceptors (Lipinski definition) is 7. The molecule has 4 aromatic rings. The minimum Gasteiger partial charge on any atom is -0.497 e. The van der Waals surface area contributed by atoms with E-state index in [1.54, 1.807) is 24.8 Å². The molecule has 0 atom stereocenters. The monoisotopic (exact) mass is 420 g/mol. The predicted molar refractivity (Wildman–Crippen MR) is 120 cm³/mol. The summed E-state index contributed by atoms with van der Waals surface area (Å²) in [5, 5.41) is 4.57. The van der Waals surface area contributed by atoms with Gasteiger partial charge >= 0.3 is 0 Å². The fourth-order valence-corrected chi connectivity index (χ4v) is 4.92. The molecule has 0 fully saturated rings. The van der Waals surface area contributed by atoms with Crippen LogP contribution in [0.5, 0.6) is 5.75 Å². The van der Waals surface area contributed by atoms with Gasteiger partial charge in [-0.2, -0.15) is 0 Å². The number of benzene rings is 1. The summed E-state index contributed by atoms with van der Waals surface area (Å²) < 4.78 is 12.2. The van der Waals surface area contributed by atoms with Gasteiger partial charge in [0.05, 0.1) is 35.2 Å². The van der Waals surface area contributed by atoms with Gasteiger partial charge < -0.3 is 14.8 Å². The SMILES string of the molecule is COc1ccc(CCNc2ncnc3c2sc2nc4c(cc23)COC(C)(C)C4)cc1. The molecule has 0 saturated carbocycles. The Morgan fingerprint density at radius 2 is 2.03 bits per heavy atom. The molecular weight excluding hydrogens is 396 g/mol. The van der Waals surface area contributed by atoms with Crippen molar-refractivity contribution in [3.05, 3.63) is 53.5 Å². The lowest BCUT2D eigenvalue weighted by Crippen LogP contribution is -2.32. The second-order valence-corrected chi connectivity index (χ2v) is 9.20. The summed E-state index contributed by atoms with van der Waals surface area (Å²) in [5.74, 6) is 1.74. The number of pyridine rings is 1. The molecule has 0 spiro atoms. The Hall–Kier alpha value is -2.77. The maximum absolute atomic E-state index is 5.97. The van der Waals surface area contributed by atoms with Crippen molar-refractivity contribution in [1.29, 1.82) is 0 Å². The largest absolute Gasteiger partial charge is 0.497 e. The number of rotatable bonds is 5. The van der Waals surface area contributed by atoms with Crippen LogP contribution in [0.15, 0.2) is 36.7 Å². The molecule has 0 bridgehead atoms. The van der Waals surface area contributed by atoms with Crippen LogP contribution in [-0.4, -0.2) is 34.2 Å². The van der Waals surface area contributed by atoms with Gasteiger partial charge in [-0.25, -0.2) is 15.0 Å². The van der Waals surface area contributed by atoms with E-state index >= 15 is 0 Å². The summed E-state index contributed by atoms with van der Waals surface area (Å²) in [6, 6.07) is 10.4. The van der Waals surface area contributed by atoms with Gasteiger partial charge in [-0.15, -0.1) is 11.3 Å². The van der Waals surface area contributed by atoms with E-state index in [1.165, 1.54) is 5.56 Å². The van der Waals surface area contributed by atoms with Crippen LogP contribution in [-0.2, 0) is 24.2 Å². The van der Waals surface area contributed by atoms with Crippen LogP contribution in [0.1, 0.15) is 30.7 Å². The third kappa shape index (κ3) is 3.59. The Balaban J connectivity index is 1.41. The first-order chi connectivity index (χ1) is 14.5. The highest BCUT2D eigenvalue weighted by Gasteiger charge is 2.28. The molecule has 6 nitrogen and oxygen atoms in total. The number of fused-ring (bicyclic) bond motifs is 4. The molecular formula is C23H24N4O2S. The van der Waals surface area contributed by atoms with E-state index in [-0.39, 0.29) is 5.60 Å². The Bertz CT molecular complexity index is 1220. The molecule has 1 aliphatic heterocycles. The summed E-state index contributed by atoms with van der Waals surface area (Å²) in [4.78, 5) is 15.0. The van der Waals surface area contributed by atoms with Crippen LogP contribution in [0.2, 0.25) is 0 Å². The van der Waals surface area contributed by atoms with E-state index in [0.717, 1.165) is 62.6 Å². The highest BCUT2D eigenvalue weighted by Crippen LogP contribution is 2.37. The fraction of sp³-hybridized carbons (Fsp3) is 0.348. The van der Waals surface area contributed by atoms with Crippen molar-refractivity contribution >= 4 is 37.6 Å². The number of aromatic nitrogens is 3. The number of nitrogens with one attached hydrogen (secondary N) is 1. The second kappa shape index (κ2) is 7.49. The minimum absolute atomic E-state index is 0.168. The maximum atomic E-state index is 5.97. The predicted octanol–water partition coefficient (Wildman–Crippen LogP) is 4.75. The first-order valence-electron chi connectivity index (χ1n) is 10.1. The smallest absolute Gasteiger partial charge is 0.147 e. The molecule has 0 amide bonds. The lowest BCUT2D eigenvalue weighted by molar-refractivity contribution is -0.0411. The summed E-state index contributed by atoms with van der Waals surface area (Å²) in [7, 11) is 1.68. The second-order valence-electron chi connectivity index (χ2n) is 8.20. The van der Waals surface area contributed by atoms with Crippen molar-refractivity contribution in [2.75, 3.05) is 19.0 Å². The Morgan fingerprint density at radius 1 is 1.20 bits per heavy atom. The van der Waals surface area contributed by atoms with Crippen LogP contribution < -0.4 is 10.1 Å². The van der Waals surface area contributed by atoms with Crippen molar-refractivity contribution in [2.24, 2.45) is 0 Å². The standard InChI is InChI=1S/C23H24N4O2S/c1-23(2)11-18-15(12-29-23)10-17-19-20(30-22(17)27-18)21(26-13-25-19)24-9-8-14-4-6-16(28-3)7-5-14/h4-7,10,13H,8-9,11-12H2,1-3H3,(H,24,25,26). The third-order valence-corrected chi connectivity index (χ3v) is 6.59. The van der Waals surface area contributed by atoms with Gasteiger partial charge in [0.25, 0.3) is 0 Å². The molecule has 3 aromatic heterocycles. The molecule has 0 radical (unpaired) electrons. The van der Waals surface area contributed by atoms with E-state index in [1.807, 2.05) is 12.1 Å². The Kier molecular flexibility index (Phi) is 4.79. The lowest BCUT2D eigenvalue weighted by atomic mass is 9.95. The molecule has 0 unspecified atom stereocenters. The molecule has 30 heavy (non-hydrogen) atoms. The first kappa shape index (κ1) is 19.2. The van der Waals surface area contributed by atoms with E-state index in [9.17, 15) is 0 Å². The van der Waals surface area contributed by atoms with Gasteiger partial charge in [0.2, 0.25) is 0 Å². The summed E-state index contributed by atoms with van der Waals surface area (Å²) in [6.45, 7) is 5.62. The van der Waals surface area contributed by atoms with Gasteiger partial charge in [0, 0.05) is 23.9 Å². The van der Waals surface area contributed by atoms with Crippen molar-refractivity contribution in [1.82, 2.24) is 15.0 Å². The van der Waals surface area contributed by atoms with Crippen LogP contribution in [0.4, 0.5) is 5.82 Å². The van der Waals surface area contributed by atoms with Crippen molar-refractivity contribution in [2.45, 2.75) is 38.9 Å². The highest BCUT2D eigenvalue weighted by atomic mass is 32.1. The molecule has 1 N–H and O–H groups in total. The van der Waals surface area contributed by atoms with Gasteiger partial charge in [-0.1, -0.05) is 12.1 Å². The Morgan fingerprint density at radius 3 is 2.83 bits per heavy atom. The summed E-state index contributed by atoms with van der Waals surface area (Å²) in [5.41, 5.74) is 4.33. The average Bonchev–Trinajstić information content (AvgIpc) is 3.10. The first-order valence-corrected chi connectivity index (χ1v) is 10.9. The van der Waals surface area contributed by atoms with E-state index in [0.29, 0.717) is 6.61 Å². The van der Waals surface area contributed by atoms with Crippen LogP contribution in [0.25, 0.3) is 20.4 Å². The fourth-order valence-electron chi connectivity index (χ4n) is 3.83. The van der Waals surface area contributed by atoms with Crippen molar-refractivity contribution in [3.63, 3.8) is 0 Å². The molecule has 1 aromatic carbocycles. The number of ether oxygens (including phenoxy) is 2. The zero-order valence-corrected chi connectivity index (χ0v) is 18.2. The van der Waals surface area contributed by atoms with E-state index < -0.39 is 0 Å². The third-order valence-electron chi connectivity index (χ3n) is 5.49. The number of hydrogen-bond donors (Lipinski definition) is 1. The molecule has 5 rings (SSSR count). The summed E-state index contributed by atoms with van der Waals surface area (Å²) >= 11 is 1.66. The lowest BCUT2D eigenvalue weighted by Gasteiger charge is -2.30. The molecule has 154 valence electrons. The van der Waals surface area contributed by atoms with Gasteiger partial charge in [-0.3, -0.25) is 0 Å². The number of thiophene rings is 1. The van der Waals surface area contributed by atoms with E-state index in [2.05, 4.69) is 47.3 Å². The topological polar surface area (TPSA) is 69.2 Å². The molecule has 7 heteroatoms. The quantitative estimate of drug-likeness (QED) is 0.502. The number of nitrogens with zero attached hydrogens (tertiary/aromatic N) is 3. The molecule has 1 aliphatic rings. The summed E-state index contributed by atoms with van der Waals surface area (Å²) in [6.07, 6.45) is 3.35. The number of anilines is 1. The Labute approximate surface area is 179 Å². The molecule has 0 saturated heterocycles.